The highest BCUT2D eigenvalue weighted by molar-refractivity contribution is 6.36. The normalized spacial score (nSPS) is 11.7. The van der Waals surface area contributed by atoms with Gasteiger partial charge in [0.2, 0.25) is 6.04 Å². The molecule has 0 spiro atoms. The summed E-state index contributed by atoms with van der Waals surface area (Å²) in [5, 5.41) is 10.9. The van der Waals surface area contributed by atoms with Crippen molar-refractivity contribution in [2.24, 2.45) is 10.2 Å². The number of halogens is 2. The third-order valence-corrected chi connectivity index (χ3v) is 4.92. The molecule has 178 valence electrons. The average molecular weight is 498 g/mol. The lowest BCUT2D eigenvalue weighted by Gasteiger charge is -2.16. The molecule has 33 heavy (non-hydrogen) atoms. The molecule has 2 aromatic carbocycles. The van der Waals surface area contributed by atoms with Gasteiger partial charge in [0.1, 0.15) is 22.2 Å². The van der Waals surface area contributed by atoms with Gasteiger partial charge in [-0.2, -0.15) is 10.2 Å². The minimum Gasteiger partial charge on any atom is -0.495 e. The summed E-state index contributed by atoms with van der Waals surface area (Å²) in [5.41, 5.74) is 0.427. The van der Waals surface area contributed by atoms with E-state index in [0.29, 0.717) is 30.5 Å². The third-order valence-electron chi connectivity index (χ3n) is 4.26. The number of Topliss-reactive ketones (excluding diaryl/α,β-unsaturated/α-hetero) is 1. The number of hydrogen-bond donors (Lipinski definition) is 1. The van der Waals surface area contributed by atoms with Crippen molar-refractivity contribution in [2.75, 3.05) is 32.8 Å². The smallest absolute Gasteiger partial charge is 0.258 e. The summed E-state index contributed by atoms with van der Waals surface area (Å²) in [6.07, 6.45) is 0. The number of nitrogens with zero attached hydrogens (tertiary/aromatic N) is 2. The number of benzene rings is 2. The molecular formula is C22H25Cl2N3O6. The SMILES string of the molecule is CCOc1cc(N=NC(C(C)=O)C(=O)Nc2c(OC)ccc(OC)c2Cl)cc(Cl)c1OCC. The van der Waals surface area contributed by atoms with Gasteiger partial charge in [0.15, 0.2) is 17.3 Å². The van der Waals surface area contributed by atoms with Gasteiger partial charge in [-0.3, -0.25) is 9.59 Å². The molecule has 9 nitrogen and oxygen atoms in total. The lowest BCUT2D eigenvalue weighted by Crippen LogP contribution is -2.32. The second kappa shape index (κ2) is 12.3. The summed E-state index contributed by atoms with van der Waals surface area (Å²) in [5.74, 6) is 0.0745. The second-order valence-corrected chi connectivity index (χ2v) is 7.28. The van der Waals surface area contributed by atoms with Crippen LogP contribution >= 0.6 is 23.2 Å². The van der Waals surface area contributed by atoms with Crippen molar-refractivity contribution in [1.82, 2.24) is 0 Å². The number of hydrogen-bond acceptors (Lipinski definition) is 8. The monoisotopic (exact) mass is 497 g/mol. The molecule has 1 atom stereocenters. The van der Waals surface area contributed by atoms with E-state index in [1.165, 1.54) is 27.2 Å². The van der Waals surface area contributed by atoms with Gasteiger partial charge < -0.3 is 24.3 Å². The van der Waals surface area contributed by atoms with E-state index in [1.54, 1.807) is 18.2 Å². The van der Waals surface area contributed by atoms with Crippen LogP contribution in [0.4, 0.5) is 11.4 Å². The van der Waals surface area contributed by atoms with Crippen LogP contribution in [-0.2, 0) is 9.59 Å². The quantitative estimate of drug-likeness (QED) is 0.324. The van der Waals surface area contributed by atoms with Crippen molar-refractivity contribution >= 4 is 46.3 Å². The van der Waals surface area contributed by atoms with Gasteiger partial charge in [-0.05, 0) is 39.0 Å². The van der Waals surface area contributed by atoms with Crippen LogP contribution in [0.2, 0.25) is 10.0 Å². The number of carbonyl (C=O) groups is 2. The van der Waals surface area contributed by atoms with Crippen LogP contribution in [0.5, 0.6) is 23.0 Å². The summed E-state index contributed by atoms with van der Waals surface area (Å²) >= 11 is 12.6. The largest absolute Gasteiger partial charge is 0.495 e. The molecule has 0 aliphatic rings. The van der Waals surface area contributed by atoms with Crippen molar-refractivity contribution in [3.8, 4) is 23.0 Å². The summed E-state index contributed by atoms with van der Waals surface area (Å²) in [4.78, 5) is 25.0. The molecule has 2 aromatic rings. The van der Waals surface area contributed by atoms with E-state index < -0.39 is 17.7 Å². The first-order valence-corrected chi connectivity index (χ1v) is 10.7. The van der Waals surface area contributed by atoms with E-state index in [1.807, 2.05) is 13.8 Å². The first-order valence-electron chi connectivity index (χ1n) is 9.99. The standard InChI is InChI=1S/C22H25Cl2N3O6/c1-6-32-17-11-13(10-14(23)21(17)33-7-2)26-27-19(12(3)28)22(29)25-20-16(31-5)9-8-15(30-4)18(20)24/h8-11,19H,6-7H2,1-5H3,(H,25,29). The zero-order valence-electron chi connectivity index (χ0n) is 18.9. The topological polar surface area (TPSA) is 108 Å². The molecule has 0 aliphatic carbocycles. The van der Waals surface area contributed by atoms with E-state index in [0.717, 1.165) is 0 Å². The summed E-state index contributed by atoms with van der Waals surface area (Å²) < 4.78 is 21.5. The highest BCUT2D eigenvalue weighted by Gasteiger charge is 2.26. The van der Waals surface area contributed by atoms with Gasteiger partial charge in [0.25, 0.3) is 5.91 Å². The molecule has 0 heterocycles. The minimum atomic E-state index is -1.45. The van der Waals surface area contributed by atoms with Crippen molar-refractivity contribution < 1.29 is 28.5 Å². The maximum absolute atomic E-state index is 12.9. The molecule has 0 fully saturated rings. The maximum Gasteiger partial charge on any atom is 0.258 e. The van der Waals surface area contributed by atoms with Crippen molar-refractivity contribution in [3.63, 3.8) is 0 Å². The number of ether oxygens (including phenoxy) is 4. The highest BCUT2D eigenvalue weighted by atomic mass is 35.5. The van der Waals surface area contributed by atoms with E-state index in [9.17, 15) is 9.59 Å². The predicted molar refractivity (Wildman–Crippen MR) is 126 cm³/mol. The number of anilines is 1. The molecular weight excluding hydrogens is 473 g/mol. The Bertz CT molecular complexity index is 1050. The maximum atomic E-state index is 12.9. The summed E-state index contributed by atoms with van der Waals surface area (Å²) in [7, 11) is 2.85. The lowest BCUT2D eigenvalue weighted by atomic mass is 10.2. The number of nitrogens with one attached hydrogen (secondary N) is 1. The molecule has 1 N–H and O–H groups in total. The van der Waals surface area contributed by atoms with Crippen molar-refractivity contribution in [1.29, 1.82) is 0 Å². The molecule has 0 bridgehead atoms. The van der Waals surface area contributed by atoms with Crippen LogP contribution in [0.1, 0.15) is 20.8 Å². The summed E-state index contributed by atoms with van der Waals surface area (Å²) in [6.45, 7) is 5.62. The molecule has 0 saturated carbocycles. The molecule has 1 unspecified atom stereocenters. The van der Waals surface area contributed by atoms with Gasteiger partial charge in [0, 0.05) is 6.07 Å². The highest BCUT2D eigenvalue weighted by Crippen LogP contribution is 2.40. The summed E-state index contributed by atoms with van der Waals surface area (Å²) in [6, 6.07) is 4.76. The Balaban J connectivity index is 2.35. The fourth-order valence-electron chi connectivity index (χ4n) is 2.78. The van der Waals surface area contributed by atoms with Crippen LogP contribution in [0, 0.1) is 0 Å². The van der Waals surface area contributed by atoms with E-state index >= 15 is 0 Å². The zero-order valence-corrected chi connectivity index (χ0v) is 20.4. The number of carbonyl (C=O) groups excluding carboxylic acids is 2. The van der Waals surface area contributed by atoms with Crippen LogP contribution in [0.25, 0.3) is 0 Å². The Hall–Kier alpha value is -3.04. The molecule has 2 rings (SSSR count). The molecule has 0 saturated heterocycles. The van der Waals surface area contributed by atoms with Crippen LogP contribution in [0.15, 0.2) is 34.5 Å². The van der Waals surface area contributed by atoms with Gasteiger partial charge in [-0.1, -0.05) is 23.2 Å². The number of ketones is 1. The van der Waals surface area contributed by atoms with Crippen molar-refractivity contribution in [3.05, 3.63) is 34.3 Å². The first kappa shape index (κ1) is 26.2. The van der Waals surface area contributed by atoms with E-state index in [-0.39, 0.29) is 27.2 Å². The van der Waals surface area contributed by atoms with Gasteiger partial charge in [-0.25, -0.2) is 0 Å². The van der Waals surface area contributed by atoms with Crippen LogP contribution in [-0.4, -0.2) is 45.2 Å². The minimum absolute atomic E-state index is 0.115. The third kappa shape index (κ3) is 6.49. The molecule has 11 heteroatoms. The first-order chi connectivity index (χ1) is 15.8. The van der Waals surface area contributed by atoms with Gasteiger partial charge in [0.05, 0.1) is 38.1 Å². The second-order valence-electron chi connectivity index (χ2n) is 6.50. The van der Waals surface area contributed by atoms with Gasteiger partial charge >= 0.3 is 0 Å². The lowest BCUT2D eigenvalue weighted by molar-refractivity contribution is -0.126. The molecule has 0 radical (unpaired) electrons. The fourth-order valence-corrected chi connectivity index (χ4v) is 3.32. The van der Waals surface area contributed by atoms with E-state index in [4.69, 9.17) is 42.1 Å². The van der Waals surface area contributed by atoms with E-state index in [2.05, 4.69) is 15.5 Å². The number of rotatable bonds is 11. The predicted octanol–water partition coefficient (Wildman–Crippen LogP) is 5.49. The number of amides is 1. The average Bonchev–Trinajstić information content (AvgIpc) is 2.77. The Morgan fingerprint density at radius 2 is 1.64 bits per heavy atom. The number of azo groups is 1. The molecule has 0 aliphatic heterocycles. The molecule has 1 amide bonds. The Morgan fingerprint density at radius 3 is 2.21 bits per heavy atom. The Kier molecular flexibility index (Phi) is 9.74. The van der Waals surface area contributed by atoms with Crippen LogP contribution in [0.3, 0.4) is 0 Å². The van der Waals surface area contributed by atoms with Crippen LogP contribution < -0.4 is 24.3 Å². The Labute approximate surface area is 202 Å². The Morgan fingerprint density at radius 1 is 1.00 bits per heavy atom. The zero-order chi connectivity index (χ0) is 24.5. The van der Waals surface area contributed by atoms with Gasteiger partial charge in [-0.15, -0.1) is 0 Å². The molecule has 0 aromatic heterocycles. The fraction of sp³-hybridized carbons (Fsp3) is 0.364. The van der Waals surface area contributed by atoms with Crippen molar-refractivity contribution in [2.45, 2.75) is 26.8 Å². The number of methoxy groups -OCH3 is 2.